The number of hydrogen-bond acceptors (Lipinski definition) is 10. The summed E-state index contributed by atoms with van der Waals surface area (Å²) in [5.41, 5.74) is 4.39. The first kappa shape index (κ1) is 26.0. The molecule has 4 heterocycles. The molecule has 1 atom stereocenters. The van der Waals surface area contributed by atoms with E-state index in [2.05, 4.69) is 20.3 Å². The fourth-order valence-corrected chi connectivity index (χ4v) is 5.66. The van der Waals surface area contributed by atoms with Gasteiger partial charge in [0.2, 0.25) is 11.8 Å². The van der Waals surface area contributed by atoms with Gasteiger partial charge in [0.05, 0.1) is 41.2 Å². The van der Waals surface area contributed by atoms with Gasteiger partial charge in [0.15, 0.2) is 17.6 Å². The molecule has 2 aromatic carbocycles. The second-order valence-corrected chi connectivity index (χ2v) is 10.5. The van der Waals surface area contributed by atoms with E-state index in [1.807, 2.05) is 19.1 Å². The Bertz CT molecular complexity index is 1800. The van der Waals surface area contributed by atoms with Gasteiger partial charge < -0.3 is 18.9 Å². The Hall–Kier alpha value is -4.29. The molecule has 0 bridgehead atoms. The van der Waals surface area contributed by atoms with Crippen LogP contribution in [0.5, 0.6) is 17.4 Å². The number of fused-ring (bicyclic) bond motifs is 4. The van der Waals surface area contributed by atoms with E-state index in [0.717, 1.165) is 15.8 Å². The Morgan fingerprint density at radius 2 is 2.02 bits per heavy atom. The number of aryl methyl sites for hydroxylation is 2. The molecule has 1 aliphatic rings. The Balaban J connectivity index is 1.23. The van der Waals surface area contributed by atoms with E-state index in [9.17, 15) is 9.18 Å². The molecule has 10 nitrogen and oxygen atoms in total. The number of nitrogens with zero attached hydrogens (tertiary/aromatic N) is 4. The predicted octanol–water partition coefficient (Wildman–Crippen LogP) is 6.11. The third-order valence-electron chi connectivity index (χ3n) is 6.12. The van der Waals surface area contributed by atoms with E-state index in [4.69, 9.17) is 35.5 Å². The van der Waals surface area contributed by atoms with Crippen molar-refractivity contribution in [1.82, 2.24) is 19.9 Å². The summed E-state index contributed by atoms with van der Waals surface area (Å²) >= 11 is 8.02. The number of carbonyl (C=O) groups is 1. The second kappa shape index (κ2) is 10.4. The van der Waals surface area contributed by atoms with Crippen molar-refractivity contribution in [2.75, 3.05) is 25.6 Å². The van der Waals surface area contributed by atoms with Gasteiger partial charge in [-0.1, -0.05) is 11.6 Å². The summed E-state index contributed by atoms with van der Waals surface area (Å²) in [5, 5.41) is 3.61. The summed E-state index contributed by atoms with van der Waals surface area (Å²) in [6.07, 6.45) is 1.48. The number of amides is 1. The zero-order chi connectivity index (χ0) is 28.0. The van der Waals surface area contributed by atoms with Gasteiger partial charge in [0.25, 0.3) is 0 Å². The molecular formula is C27H21ClFN5O5S. The van der Waals surface area contributed by atoms with Crippen LogP contribution in [0.2, 0.25) is 5.02 Å². The van der Waals surface area contributed by atoms with E-state index in [1.165, 1.54) is 23.6 Å². The van der Waals surface area contributed by atoms with Crippen molar-refractivity contribution < 1.29 is 28.1 Å². The second-order valence-electron chi connectivity index (χ2n) is 9.08. The SMILES string of the molecule is COc1cnc2c(-c3nc4c(Cl)cc5c(c4s3)OC[C@H](COC(=O)Nc3cnc(F)c(C)c3)O5)cc(C)cc2n1. The Kier molecular flexibility index (Phi) is 6.72. The molecule has 204 valence electrons. The highest BCUT2D eigenvalue weighted by atomic mass is 35.5. The van der Waals surface area contributed by atoms with Crippen molar-refractivity contribution in [2.45, 2.75) is 20.0 Å². The van der Waals surface area contributed by atoms with Gasteiger partial charge in [-0.05, 0) is 37.6 Å². The van der Waals surface area contributed by atoms with Crippen LogP contribution in [0.25, 0.3) is 31.8 Å². The van der Waals surface area contributed by atoms with Gasteiger partial charge in [0, 0.05) is 17.2 Å². The largest absolute Gasteiger partial charge is 0.484 e. The van der Waals surface area contributed by atoms with Gasteiger partial charge in [-0.25, -0.2) is 24.7 Å². The molecule has 0 aliphatic carbocycles. The Morgan fingerprint density at radius 3 is 2.83 bits per heavy atom. The summed E-state index contributed by atoms with van der Waals surface area (Å²) in [7, 11) is 1.55. The van der Waals surface area contributed by atoms with Crippen LogP contribution in [-0.2, 0) is 4.74 Å². The van der Waals surface area contributed by atoms with Crippen LogP contribution in [0.3, 0.4) is 0 Å². The van der Waals surface area contributed by atoms with Crippen molar-refractivity contribution in [3.8, 4) is 28.0 Å². The molecule has 0 radical (unpaired) electrons. The number of thiazole rings is 1. The highest BCUT2D eigenvalue weighted by Gasteiger charge is 2.28. The molecule has 0 fully saturated rings. The molecule has 13 heteroatoms. The van der Waals surface area contributed by atoms with Crippen LogP contribution in [0.4, 0.5) is 14.9 Å². The number of methoxy groups -OCH3 is 1. The molecule has 1 N–H and O–H groups in total. The summed E-state index contributed by atoms with van der Waals surface area (Å²) in [6, 6.07) is 7.04. The van der Waals surface area contributed by atoms with Crippen LogP contribution in [0.15, 0.2) is 36.7 Å². The van der Waals surface area contributed by atoms with Gasteiger partial charge in [0.1, 0.15) is 28.4 Å². The fourth-order valence-electron chi connectivity index (χ4n) is 4.27. The van der Waals surface area contributed by atoms with Gasteiger partial charge in [-0.2, -0.15) is 4.39 Å². The van der Waals surface area contributed by atoms with E-state index < -0.39 is 18.1 Å². The summed E-state index contributed by atoms with van der Waals surface area (Å²) < 4.78 is 36.7. The molecule has 1 aliphatic heterocycles. The monoisotopic (exact) mass is 581 g/mol. The summed E-state index contributed by atoms with van der Waals surface area (Å²) in [6.45, 7) is 3.58. The molecule has 0 saturated heterocycles. The van der Waals surface area contributed by atoms with Crippen LogP contribution in [0, 0.1) is 19.8 Å². The lowest BCUT2D eigenvalue weighted by molar-refractivity contribution is 0.0383. The average molecular weight is 582 g/mol. The minimum absolute atomic E-state index is 0.0834. The van der Waals surface area contributed by atoms with Crippen LogP contribution < -0.4 is 19.5 Å². The molecule has 40 heavy (non-hydrogen) atoms. The van der Waals surface area contributed by atoms with Gasteiger partial charge in [-0.3, -0.25) is 5.32 Å². The van der Waals surface area contributed by atoms with E-state index in [0.29, 0.717) is 55.2 Å². The summed E-state index contributed by atoms with van der Waals surface area (Å²) in [5.74, 6) is 0.758. The van der Waals surface area contributed by atoms with Crippen molar-refractivity contribution in [1.29, 1.82) is 0 Å². The Labute approximate surface area is 236 Å². The van der Waals surface area contributed by atoms with E-state index >= 15 is 0 Å². The molecule has 0 saturated carbocycles. The number of benzene rings is 2. The number of nitrogens with one attached hydrogen (secondary N) is 1. The highest BCUT2D eigenvalue weighted by Crippen LogP contribution is 2.47. The van der Waals surface area contributed by atoms with E-state index in [1.54, 1.807) is 26.3 Å². The van der Waals surface area contributed by atoms with Crippen LogP contribution in [0.1, 0.15) is 11.1 Å². The first-order valence-corrected chi connectivity index (χ1v) is 13.3. The maximum Gasteiger partial charge on any atom is 0.411 e. The van der Waals surface area contributed by atoms with Crippen molar-refractivity contribution in [3.63, 3.8) is 0 Å². The number of pyridine rings is 1. The number of anilines is 1. The third kappa shape index (κ3) is 4.91. The molecule has 1 amide bonds. The summed E-state index contributed by atoms with van der Waals surface area (Å²) in [4.78, 5) is 29.7. The van der Waals surface area contributed by atoms with Gasteiger partial charge >= 0.3 is 6.09 Å². The maximum absolute atomic E-state index is 13.4. The number of rotatable bonds is 5. The molecule has 3 aromatic heterocycles. The predicted molar refractivity (Wildman–Crippen MR) is 148 cm³/mol. The fraction of sp³-hybridized carbons (Fsp3) is 0.222. The smallest absolute Gasteiger partial charge is 0.411 e. The topological polar surface area (TPSA) is 118 Å². The lowest BCUT2D eigenvalue weighted by Crippen LogP contribution is -2.35. The van der Waals surface area contributed by atoms with E-state index in [-0.39, 0.29) is 13.2 Å². The average Bonchev–Trinajstić information content (AvgIpc) is 3.39. The molecule has 0 unspecified atom stereocenters. The molecule has 5 aromatic rings. The quantitative estimate of drug-likeness (QED) is 0.245. The normalized spacial score (nSPS) is 14.4. The zero-order valence-electron chi connectivity index (χ0n) is 21.4. The number of halogens is 2. The number of aromatic nitrogens is 4. The third-order valence-corrected chi connectivity index (χ3v) is 7.49. The van der Waals surface area contributed by atoms with Crippen molar-refractivity contribution in [3.05, 3.63) is 58.8 Å². The van der Waals surface area contributed by atoms with Crippen LogP contribution >= 0.6 is 22.9 Å². The number of carbonyl (C=O) groups excluding carboxylic acids is 1. The lowest BCUT2D eigenvalue weighted by Gasteiger charge is -2.26. The van der Waals surface area contributed by atoms with Crippen LogP contribution in [-0.4, -0.2) is 52.5 Å². The highest BCUT2D eigenvalue weighted by molar-refractivity contribution is 7.22. The zero-order valence-corrected chi connectivity index (χ0v) is 23.0. The van der Waals surface area contributed by atoms with Crippen molar-refractivity contribution in [2.24, 2.45) is 0 Å². The number of hydrogen-bond donors (Lipinski definition) is 1. The first-order valence-electron chi connectivity index (χ1n) is 12.1. The maximum atomic E-state index is 13.4. The minimum Gasteiger partial charge on any atom is -0.484 e. The Morgan fingerprint density at radius 1 is 1.18 bits per heavy atom. The standard InChI is InChI=1S/C27H21ClFN5O5S/c1-12-4-16(21-18(5-12)33-20(36-3)9-30-21)26-34-22-17(28)7-19-23(24(22)40-26)37-10-15(39-19)11-38-27(35)32-14-6-13(2)25(29)31-8-14/h4-9,15H,10-11H2,1-3H3,(H,32,35)/t15-/m1/s1. The molecule has 0 spiro atoms. The minimum atomic E-state index is -0.728. The molecular weight excluding hydrogens is 561 g/mol. The van der Waals surface area contributed by atoms with Crippen molar-refractivity contribution >= 4 is 56.0 Å². The van der Waals surface area contributed by atoms with Gasteiger partial charge in [-0.15, -0.1) is 11.3 Å². The molecule has 6 rings (SSSR count). The lowest BCUT2D eigenvalue weighted by atomic mass is 10.1. The number of ether oxygens (including phenoxy) is 4. The first-order chi connectivity index (χ1) is 19.3.